The minimum absolute atomic E-state index is 0.294. The summed E-state index contributed by atoms with van der Waals surface area (Å²) in [7, 11) is -4.88. The van der Waals surface area contributed by atoms with Crippen LogP contribution >= 0.6 is 20.0 Å². The third kappa shape index (κ3) is 5.08. The molecule has 0 heterocycles. The van der Waals surface area contributed by atoms with Crippen LogP contribution in [0.5, 0.6) is 0 Å². The minimum atomic E-state index is -5.17. The summed E-state index contributed by atoms with van der Waals surface area (Å²) in [5.41, 5.74) is -1.91. The number of thiocarbonyl (C=S) groups is 1. The number of allylic oxidation sites excluding steroid dienone is 2. The third-order valence-corrected chi connectivity index (χ3v) is 3.59. The molecule has 0 aliphatic heterocycles. The van der Waals surface area contributed by atoms with Crippen molar-refractivity contribution in [1.82, 2.24) is 0 Å². The van der Waals surface area contributed by atoms with E-state index in [1.54, 1.807) is 0 Å². The van der Waals surface area contributed by atoms with Gasteiger partial charge in [-0.2, -0.15) is 13.2 Å². The first-order valence-electron chi connectivity index (χ1n) is 5.78. The zero-order chi connectivity index (χ0) is 17.1. The minimum Gasteiger partial charge on any atom is -0.393 e. The van der Waals surface area contributed by atoms with E-state index in [1.165, 1.54) is 0 Å². The monoisotopic (exact) mass is 367 g/mol. The van der Waals surface area contributed by atoms with Crippen LogP contribution in [0.3, 0.4) is 0 Å². The van der Waals surface area contributed by atoms with Gasteiger partial charge in [0.05, 0.1) is 11.6 Å². The fourth-order valence-corrected chi connectivity index (χ4v) is 2.45. The Kier molecular flexibility index (Phi) is 6.19. The zero-order valence-corrected chi connectivity index (χ0v) is 12.4. The standard InChI is InChI=1S/C10H11F5NO4PS/c11-6-2-1-5(9(12)8(6)10(13,14)15)7(3-22)16-4-20-21(17,18)19/h3-5,7,9H,1-2H2,(H2,17,18,19). The zero-order valence-electron chi connectivity index (χ0n) is 10.7. The second-order valence-electron chi connectivity index (χ2n) is 4.40. The van der Waals surface area contributed by atoms with Gasteiger partial charge in [-0.3, -0.25) is 9.79 Å². The van der Waals surface area contributed by atoms with Gasteiger partial charge < -0.3 is 4.52 Å². The van der Waals surface area contributed by atoms with Gasteiger partial charge in [0.1, 0.15) is 12.0 Å². The highest BCUT2D eigenvalue weighted by molar-refractivity contribution is 7.79. The van der Waals surface area contributed by atoms with Crippen LogP contribution in [-0.4, -0.2) is 39.9 Å². The average Bonchev–Trinajstić information content (AvgIpc) is 2.33. The summed E-state index contributed by atoms with van der Waals surface area (Å²) >= 11 is 4.53. The summed E-state index contributed by atoms with van der Waals surface area (Å²) in [6.07, 6.45) is -8.49. The summed E-state index contributed by atoms with van der Waals surface area (Å²) in [4.78, 5) is 20.3. The number of halogens is 5. The van der Waals surface area contributed by atoms with E-state index in [9.17, 15) is 26.5 Å². The Bertz CT molecular complexity index is 532. The van der Waals surface area contributed by atoms with Gasteiger partial charge in [0, 0.05) is 17.7 Å². The number of alkyl halides is 4. The largest absolute Gasteiger partial charge is 0.525 e. The van der Waals surface area contributed by atoms with Gasteiger partial charge in [-0.1, -0.05) is 12.2 Å². The number of phosphoric ester groups is 1. The van der Waals surface area contributed by atoms with Gasteiger partial charge in [0.15, 0.2) is 6.40 Å². The Balaban J connectivity index is 2.96. The first-order valence-corrected chi connectivity index (χ1v) is 7.78. The number of phosphoric acid groups is 1. The van der Waals surface area contributed by atoms with Crippen molar-refractivity contribution in [3.05, 3.63) is 11.4 Å². The van der Waals surface area contributed by atoms with E-state index in [0.717, 1.165) is 5.37 Å². The van der Waals surface area contributed by atoms with Gasteiger partial charge in [-0.05, 0) is 6.42 Å². The molecule has 0 saturated carbocycles. The summed E-state index contributed by atoms with van der Waals surface area (Å²) < 4.78 is 79.5. The van der Waals surface area contributed by atoms with Gasteiger partial charge in [0.2, 0.25) is 0 Å². The van der Waals surface area contributed by atoms with Crippen molar-refractivity contribution >= 4 is 31.8 Å². The molecule has 2 N–H and O–H groups in total. The first kappa shape index (κ1) is 19.1. The van der Waals surface area contributed by atoms with E-state index in [4.69, 9.17) is 9.79 Å². The number of aliphatic imine (C=N–C) groups is 1. The quantitative estimate of drug-likeness (QED) is 0.257. The Morgan fingerprint density at radius 1 is 1.45 bits per heavy atom. The van der Waals surface area contributed by atoms with Crippen molar-refractivity contribution in [2.45, 2.75) is 31.2 Å². The molecule has 0 spiro atoms. The van der Waals surface area contributed by atoms with E-state index in [0.29, 0.717) is 6.40 Å². The summed E-state index contributed by atoms with van der Waals surface area (Å²) in [6.45, 7) is 0. The number of nitrogens with zero attached hydrogens (tertiary/aromatic N) is 1. The van der Waals surface area contributed by atoms with E-state index < -0.39 is 50.0 Å². The average molecular weight is 367 g/mol. The summed E-state index contributed by atoms with van der Waals surface area (Å²) in [5, 5.41) is 0.827. The van der Waals surface area contributed by atoms with Crippen LogP contribution in [0.4, 0.5) is 22.0 Å². The molecule has 1 aliphatic carbocycles. The molecule has 3 unspecified atom stereocenters. The molecular formula is C10H11F5NO4PS. The highest BCUT2D eigenvalue weighted by Gasteiger charge is 2.48. The van der Waals surface area contributed by atoms with E-state index in [-0.39, 0.29) is 6.42 Å². The Morgan fingerprint density at radius 3 is 2.50 bits per heavy atom. The van der Waals surface area contributed by atoms with Gasteiger partial charge in [-0.25, -0.2) is 18.3 Å². The SMILES string of the molecule is O=P(O)(O)OC=NC(C=S)C1CCC(F)=C(C(F)(F)F)C1F. The fraction of sp³-hybridized carbons (Fsp3) is 0.600. The van der Waals surface area contributed by atoms with E-state index in [2.05, 4.69) is 21.7 Å². The molecule has 0 amide bonds. The molecule has 22 heavy (non-hydrogen) atoms. The molecule has 1 rings (SSSR count). The molecule has 3 atom stereocenters. The van der Waals surface area contributed by atoms with Crippen LogP contribution in [0, 0.1) is 5.92 Å². The molecule has 0 aromatic carbocycles. The third-order valence-electron chi connectivity index (χ3n) is 2.94. The lowest BCUT2D eigenvalue weighted by molar-refractivity contribution is -0.108. The maximum absolute atomic E-state index is 14.0. The maximum Gasteiger partial charge on any atom is 0.525 e. The molecule has 0 fully saturated rings. The molecule has 1 aliphatic rings. The Hall–Kier alpha value is -0.900. The van der Waals surface area contributed by atoms with Crippen molar-refractivity contribution < 1.29 is 40.8 Å². The molecule has 0 aromatic rings. The number of rotatable bonds is 5. The normalized spacial score (nSPS) is 25.4. The van der Waals surface area contributed by atoms with Gasteiger partial charge in [0.25, 0.3) is 0 Å². The van der Waals surface area contributed by atoms with Crippen LogP contribution in [0.25, 0.3) is 0 Å². The Labute approximate surface area is 127 Å². The summed E-state index contributed by atoms with van der Waals surface area (Å²) in [6, 6.07) is -1.33. The van der Waals surface area contributed by atoms with E-state index >= 15 is 0 Å². The molecule has 0 saturated heterocycles. The van der Waals surface area contributed by atoms with Crippen LogP contribution in [-0.2, 0) is 9.09 Å². The second-order valence-corrected chi connectivity index (χ2v) is 5.86. The number of hydrogen-bond acceptors (Lipinski definition) is 4. The molecule has 5 nitrogen and oxygen atoms in total. The highest BCUT2D eigenvalue weighted by Crippen LogP contribution is 2.43. The van der Waals surface area contributed by atoms with E-state index in [1.807, 2.05) is 0 Å². The van der Waals surface area contributed by atoms with Crippen LogP contribution in [0.2, 0.25) is 0 Å². The molecule has 0 aromatic heterocycles. The van der Waals surface area contributed by atoms with Crippen molar-refractivity contribution in [3.8, 4) is 0 Å². The first-order chi connectivity index (χ1) is 9.97. The number of hydrogen-bond donors (Lipinski definition) is 2. The molecule has 0 bridgehead atoms. The van der Waals surface area contributed by atoms with Crippen molar-refractivity contribution in [3.63, 3.8) is 0 Å². The lowest BCUT2D eigenvalue weighted by atomic mass is 9.82. The topological polar surface area (TPSA) is 79.1 Å². The van der Waals surface area contributed by atoms with Crippen LogP contribution in [0.15, 0.2) is 16.4 Å². The lowest BCUT2D eigenvalue weighted by Gasteiger charge is -2.31. The molecular weight excluding hydrogens is 356 g/mol. The second kappa shape index (κ2) is 7.12. The lowest BCUT2D eigenvalue weighted by Crippen LogP contribution is -2.38. The highest BCUT2D eigenvalue weighted by atomic mass is 32.1. The van der Waals surface area contributed by atoms with Crippen molar-refractivity contribution in [2.24, 2.45) is 10.9 Å². The van der Waals surface area contributed by atoms with Crippen molar-refractivity contribution in [1.29, 1.82) is 0 Å². The molecule has 0 radical (unpaired) electrons. The van der Waals surface area contributed by atoms with Gasteiger partial charge >= 0.3 is 14.0 Å². The molecule has 12 heteroatoms. The Morgan fingerprint density at radius 2 is 2.05 bits per heavy atom. The van der Waals surface area contributed by atoms with Crippen molar-refractivity contribution in [2.75, 3.05) is 0 Å². The van der Waals surface area contributed by atoms with Crippen LogP contribution in [0.1, 0.15) is 12.8 Å². The predicted molar refractivity (Wildman–Crippen MR) is 70.9 cm³/mol. The molecule has 126 valence electrons. The van der Waals surface area contributed by atoms with Crippen LogP contribution < -0.4 is 0 Å². The smallest absolute Gasteiger partial charge is 0.393 e. The van der Waals surface area contributed by atoms with Gasteiger partial charge in [-0.15, -0.1) is 0 Å². The maximum atomic E-state index is 14.0. The fourth-order valence-electron chi connectivity index (χ4n) is 2.00. The predicted octanol–water partition coefficient (Wildman–Crippen LogP) is 3.03. The summed E-state index contributed by atoms with van der Waals surface area (Å²) in [5.74, 6) is -2.99.